The van der Waals surface area contributed by atoms with E-state index in [9.17, 15) is 13.2 Å². The summed E-state index contributed by atoms with van der Waals surface area (Å²) in [5.74, 6) is 0.557. The van der Waals surface area contributed by atoms with Crippen LogP contribution in [0.4, 0.5) is 19.0 Å². The first-order chi connectivity index (χ1) is 18.7. The second-order valence-corrected chi connectivity index (χ2v) is 10.4. The molecule has 1 saturated carbocycles. The highest BCUT2D eigenvalue weighted by atomic mass is 32.1. The van der Waals surface area contributed by atoms with Crippen LogP contribution in [-0.4, -0.2) is 42.2 Å². The van der Waals surface area contributed by atoms with Crippen molar-refractivity contribution < 1.29 is 17.9 Å². The van der Waals surface area contributed by atoms with E-state index in [1.54, 1.807) is 0 Å². The normalized spacial score (nSPS) is 19.3. The summed E-state index contributed by atoms with van der Waals surface area (Å²) in [6.45, 7) is 3.46. The van der Waals surface area contributed by atoms with Gasteiger partial charge in [0.2, 0.25) is 0 Å². The van der Waals surface area contributed by atoms with E-state index in [0.717, 1.165) is 74.4 Å². The Morgan fingerprint density at radius 3 is 2.69 bits per heavy atom. The molecule has 0 bridgehead atoms. The summed E-state index contributed by atoms with van der Waals surface area (Å²) in [4.78, 5) is 5.36. The summed E-state index contributed by atoms with van der Waals surface area (Å²) < 4.78 is 49.1. The number of nitrogens with one attached hydrogen (secondary N) is 2. The van der Waals surface area contributed by atoms with Crippen LogP contribution in [0.3, 0.4) is 0 Å². The Hall–Kier alpha value is -3.67. The highest BCUT2D eigenvalue weighted by Crippen LogP contribution is 2.40. The summed E-state index contributed by atoms with van der Waals surface area (Å²) in [6, 6.07) is 8.31. The lowest BCUT2D eigenvalue weighted by Gasteiger charge is -2.29. The SMILES string of the molecule is CCNc1cc2c(cn1)c(-c1ccc3c(c1)CNC3=S)nn2C1CCC(Oc2cnn(C)c2C(F)(F)F)CC1. The fourth-order valence-electron chi connectivity index (χ4n) is 5.60. The van der Waals surface area contributed by atoms with Crippen molar-refractivity contribution in [2.45, 2.75) is 57.5 Å². The number of fused-ring (bicyclic) bond motifs is 2. The Labute approximate surface area is 228 Å². The maximum Gasteiger partial charge on any atom is 0.436 e. The van der Waals surface area contributed by atoms with Crippen molar-refractivity contribution in [2.24, 2.45) is 7.05 Å². The van der Waals surface area contributed by atoms with Gasteiger partial charge in [0.05, 0.1) is 23.9 Å². The molecule has 1 aromatic carbocycles. The molecule has 4 aromatic rings. The molecule has 3 aromatic heterocycles. The van der Waals surface area contributed by atoms with Crippen LogP contribution in [0, 0.1) is 0 Å². The van der Waals surface area contributed by atoms with Crippen LogP contribution >= 0.6 is 12.2 Å². The Morgan fingerprint density at radius 1 is 1.15 bits per heavy atom. The number of aromatic nitrogens is 5. The van der Waals surface area contributed by atoms with Gasteiger partial charge in [0.1, 0.15) is 16.5 Å². The van der Waals surface area contributed by atoms with E-state index < -0.39 is 11.9 Å². The summed E-state index contributed by atoms with van der Waals surface area (Å²) in [7, 11) is 1.27. The molecule has 0 atom stereocenters. The van der Waals surface area contributed by atoms with Crippen LogP contribution in [0.2, 0.25) is 0 Å². The molecule has 204 valence electrons. The first kappa shape index (κ1) is 25.6. The average Bonchev–Trinajstić information content (AvgIpc) is 3.59. The molecule has 39 heavy (non-hydrogen) atoms. The van der Waals surface area contributed by atoms with Gasteiger partial charge >= 0.3 is 6.18 Å². The minimum atomic E-state index is -4.53. The number of hydrogen-bond donors (Lipinski definition) is 2. The summed E-state index contributed by atoms with van der Waals surface area (Å²) in [5.41, 5.74) is 4.15. The standard InChI is InChI=1S/C27H28F3N7OS/c1-3-31-23-11-21-20(13-32-23)24(15-4-9-19-16(10-15)12-33-26(19)39)35-37(21)17-5-7-18(8-6-17)38-22-14-34-36(2)25(22)27(28,29)30/h4,9-11,13-14,17-18H,3,5-8,12H2,1-2H3,(H,31,32)(H,33,39). The van der Waals surface area contributed by atoms with Crippen molar-refractivity contribution in [1.29, 1.82) is 0 Å². The number of rotatable bonds is 6. The van der Waals surface area contributed by atoms with Crippen LogP contribution in [0.15, 0.2) is 36.7 Å². The minimum Gasteiger partial charge on any atom is -0.486 e. The number of thiocarbonyl (C=S) groups is 1. The van der Waals surface area contributed by atoms with Crippen molar-refractivity contribution in [2.75, 3.05) is 11.9 Å². The highest BCUT2D eigenvalue weighted by Gasteiger charge is 2.39. The second-order valence-electron chi connectivity index (χ2n) is 9.99. The fraction of sp³-hybridized carbons (Fsp3) is 0.407. The second kappa shape index (κ2) is 9.82. The molecule has 4 heterocycles. The number of pyridine rings is 1. The van der Waals surface area contributed by atoms with E-state index in [4.69, 9.17) is 22.1 Å². The van der Waals surface area contributed by atoms with Gasteiger partial charge in [-0.25, -0.2) is 4.98 Å². The van der Waals surface area contributed by atoms with Gasteiger partial charge in [-0.2, -0.15) is 23.4 Å². The molecule has 8 nitrogen and oxygen atoms in total. The van der Waals surface area contributed by atoms with E-state index in [1.807, 2.05) is 31.3 Å². The number of alkyl halides is 3. The van der Waals surface area contributed by atoms with Gasteiger partial charge in [-0.15, -0.1) is 0 Å². The fourth-order valence-corrected chi connectivity index (χ4v) is 5.87. The summed E-state index contributed by atoms with van der Waals surface area (Å²) in [6.07, 6.45) is 0.835. The quantitative estimate of drug-likeness (QED) is 0.299. The van der Waals surface area contributed by atoms with E-state index in [2.05, 4.69) is 31.5 Å². The smallest absolute Gasteiger partial charge is 0.436 e. The Kier molecular flexibility index (Phi) is 6.44. The van der Waals surface area contributed by atoms with E-state index in [-0.39, 0.29) is 17.9 Å². The molecule has 1 aliphatic heterocycles. The van der Waals surface area contributed by atoms with Gasteiger partial charge in [-0.3, -0.25) is 9.36 Å². The summed E-state index contributed by atoms with van der Waals surface area (Å²) in [5, 5.41) is 16.3. The molecule has 12 heteroatoms. The van der Waals surface area contributed by atoms with Crippen molar-refractivity contribution in [3.63, 3.8) is 0 Å². The lowest BCUT2D eigenvalue weighted by Crippen LogP contribution is -2.27. The largest absolute Gasteiger partial charge is 0.486 e. The molecular formula is C27H28F3N7OS. The van der Waals surface area contributed by atoms with Crippen LogP contribution in [0.1, 0.15) is 55.5 Å². The van der Waals surface area contributed by atoms with E-state index in [0.29, 0.717) is 19.4 Å². The molecular weight excluding hydrogens is 527 g/mol. The van der Waals surface area contributed by atoms with Crippen molar-refractivity contribution >= 4 is 33.9 Å². The molecule has 0 radical (unpaired) electrons. The van der Waals surface area contributed by atoms with Crippen LogP contribution < -0.4 is 15.4 Å². The third kappa shape index (κ3) is 4.70. The first-order valence-corrected chi connectivity index (χ1v) is 13.4. The van der Waals surface area contributed by atoms with Gasteiger partial charge in [-0.1, -0.05) is 24.4 Å². The maximum atomic E-state index is 13.5. The number of benzene rings is 1. The van der Waals surface area contributed by atoms with E-state index in [1.165, 1.54) is 7.05 Å². The van der Waals surface area contributed by atoms with Gasteiger partial charge in [-0.05, 0) is 44.2 Å². The maximum absolute atomic E-state index is 13.5. The van der Waals surface area contributed by atoms with Crippen LogP contribution in [0.5, 0.6) is 5.75 Å². The van der Waals surface area contributed by atoms with Crippen molar-refractivity contribution in [3.05, 3.63) is 53.5 Å². The first-order valence-electron chi connectivity index (χ1n) is 13.0. The minimum absolute atomic E-state index is 0.0811. The molecule has 2 aliphatic rings. The van der Waals surface area contributed by atoms with Crippen LogP contribution in [-0.2, 0) is 19.8 Å². The highest BCUT2D eigenvalue weighted by molar-refractivity contribution is 7.80. The predicted molar refractivity (Wildman–Crippen MR) is 146 cm³/mol. The zero-order valence-electron chi connectivity index (χ0n) is 21.5. The van der Waals surface area contributed by atoms with Gasteiger partial charge < -0.3 is 15.4 Å². The molecule has 0 amide bonds. The lowest BCUT2D eigenvalue weighted by molar-refractivity contribution is -0.145. The number of nitrogens with zero attached hydrogens (tertiary/aromatic N) is 5. The van der Waals surface area contributed by atoms with Gasteiger partial charge in [0.25, 0.3) is 0 Å². The zero-order chi connectivity index (χ0) is 27.3. The predicted octanol–water partition coefficient (Wildman–Crippen LogP) is 5.62. The molecule has 1 aliphatic carbocycles. The summed E-state index contributed by atoms with van der Waals surface area (Å²) >= 11 is 5.40. The monoisotopic (exact) mass is 555 g/mol. The average molecular weight is 556 g/mol. The zero-order valence-corrected chi connectivity index (χ0v) is 22.4. The van der Waals surface area contributed by atoms with Crippen molar-refractivity contribution in [3.8, 4) is 17.0 Å². The number of anilines is 1. The molecule has 6 rings (SSSR count). The third-order valence-corrected chi connectivity index (χ3v) is 7.83. The Balaban J connectivity index is 1.28. The molecule has 0 unspecified atom stereocenters. The van der Waals surface area contributed by atoms with Gasteiger partial charge in [0, 0.05) is 48.9 Å². The topological polar surface area (TPSA) is 81.8 Å². The van der Waals surface area contributed by atoms with Crippen LogP contribution in [0.25, 0.3) is 22.2 Å². The van der Waals surface area contributed by atoms with Crippen molar-refractivity contribution in [1.82, 2.24) is 29.9 Å². The Morgan fingerprint density at radius 2 is 1.95 bits per heavy atom. The Bertz CT molecular complexity index is 1550. The number of aryl methyl sites for hydroxylation is 1. The van der Waals surface area contributed by atoms with Gasteiger partial charge in [0.15, 0.2) is 11.4 Å². The third-order valence-electron chi connectivity index (χ3n) is 7.47. The molecule has 0 saturated heterocycles. The van der Waals surface area contributed by atoms with E-state index >= 15 is 0 Å². The lowest BCUT2D eigenvalue weighted by atomic mass is 9.93. The number of halogens is 3. The number of hydrogen-bond acceptors (Lipinski definition) is 6. The molecule has 2 N–H and O–H groups in total. The number of ether oxygens (including phenoxy) is 1. The molecule has 0 spiro atoms. The molecule has 1 fully saturated rings.